The number of ether oxygens (including phenoxy) is 1. The molecule has 424 valence electrons. The molecule has 0 radical (unpaired) electrons. The average molecular weight is 1040 g/mol. The van der Waals surface area contributed by atoms with E-state index in [1.807, 2.05) is 33.3 Å². The molecule has 0 aromatic carbocycles. The lowest BCUT2D eigenvalue weighted by Gasteiger charge is -2.27. The third-order valence-corrected chi connectivity index (χ3v) is 14.8. The maximum absolute atomic E-state index is 13.5. The second-order valence-corrected chi connectivity index (χ2v) is 23.7. The molecule has 0 saturated carbocycles. The number of allylic oxidation sites excluding steroid dienone is 5. The molecule has 0 heterocycles. The summed E-state index contributed by atoms with van der Waals surface area (Å²) < 4.78 is 30.7. The number of quaternary nitrogens is 1. The Morgan fingerprint density at radius 1 is 0.486 bits per heavy atom. The van der Waals surface area contributed by atoms with Crippen LogP contribution in [0.3, 0.4) is 0 Å². The molecule has 0 spiro atoms. The first-order valence-electron chi connectivity index (χ1n) is 30.8. The summed E-state index contributed by atoms with van der Waals surface area (Å²) in [7, 11) is 1.51. The highest BCUT2D eigenvalue weighted by molar-refractivity contribution is 7.47. The van der Waals surface area contributed by atoms with Crippen LogP contribution in [-0.4, -0.2) is 74.3 Å². The normalized spacial score (nSPS) is 13.9. The zero-order valence-electron chi connectivity index (χ0n) is 48.4. The summed E-state index contributed by atoms with van der Waals surface area (Å²) in [5.41, 5.74) is 0. The summed E-state index contributed by atoms with van der Waals surface area (Å²) >= 11 is 0. The van der Waals surface area contributed by atoms with E-state index in [0.29, 0.717) is 23.9 Å². The Hall–Kier alpha value is -1.77. The number of hydrogen-bond acceptors (Lipinski definition) is 6. The van der Waals surface area contributed by atoms with Crippen LogP contribution in [0.15, 0.2) is 36.5 Å². The van der Waals surface area contributed by atoms with Gasteiger partial charge < -0.3 is 19.4 Å². The number of likely N-dealkylation sites (N-methyl/N-ethyl adjacent to an activating group) is 1. The molecule has 0 aromatic rings. The summed E-state index contributed by atoms with van der Waals surface area (Å²) in [6, 6.07) is -0.844. The molecule has 2 N–H and O–H groups in total. The van der Waals surface area contributed by atoms with E-state index in [2.05, 4.69) is 50.4 Å². The molecule has 0 aromatic heterocycles. The molecule has 0 bridgehead atoms. The highest BCUT2D eigenvalue weighted by Gasteiger charge is 2.30. The average Bonchev–Trinajstić information content (AvgIpc) is 3.34. The number of esters is 1. The first kappa shape index (κ1) is 70.2. The predicted molar refractivity (Wildman–Crippen MR) is 309 cm³/mol. The molecule has 10 heteroatoms. The van der Waals surface area contributed by atoms with E-state index in [1.165, 1.54) is 199 Å². The quantitative estimate of drug-likeness (QED) is 0.0205. The van der Waals surface area contributed by atoms with Gasteiger partial charge in [-0.25, -0.2) is 4.57 Å². The second kappa shape index (κ2) is 52.7. The molecule has 3 atom stereocenters. The van der Waals surface area contributed by atoms with Gasteiger partial charge in [0.15, 0.2) is 0 Å². The molecule has 0 rings (SSSR count). The third kappa shape index (κ3) is 53.1. The van der Waals surface area contributed by atoms with Crippen molar-refractivity contribution in [1.29, 1.82) is 0 Å². The lowest BCUT2D eigenvalue weighted by molar-refractivity contribution is -0.870. The van der Waals surface area contributed by atoms with E-state index in [0.717, 1.165) is 64.2 Å². The van der Waals surface area contributed by atoms with Crippen molar-refractivity contribution < 1.29 is 37.3 Å². The number of rotatable bonds is 56. The zero-order valence-corrected chi connectivity index (χ0v) is 49.3. The predicted octanol–water partition coefficient (Wildman–Crippen LogP) is 18.7. The lowest BCUT2D eigenvalue weighted by atomic mass is 10.0. The van der Waals surface area contributed by atoms with Gasteiger partial charge in [0.05, 0.1) is 33.8 Å². The van der Waals surface area contributed by atoms with E-state index < -0.39 is 20.0 Å². The number of carbonyl (C=O) groups is 2. The van der Waals surface area contributed by atoms with E-state index in [-0.39, 0.29) is 25.1 Å². The molecule has 0 fully saturated rings. The minimum atomic E-state index is -4.44. The SMILES string of the molecule is CCCCC/C=C\C/C=C\CCCCCCCCCCCCCC(=O)NC(COP(=O)(O)OCC[N+](C)(C)C)C(/C=C\CCCCCCCCCCC)OC(=O)CCCCCCCCCCCCCCCC. The lowest BCUT2D eigenvalue weighted by Crippen LogP contribution is -2.47. The van der Waals surface area contributed by atoms with Gasteiger partial charge in [-0.15, -0.1) is 0 Å². The van der Waals surface area contributed by atoms with Crippen molar-refractivity contribution in [3.8, 4) is 0 Å². The first-order chi connectivity index (χ1) is 34.9. The van der Waals surface area contributed by atoms with Crippen molar-refractivity contribution >= 4 is 19.7 Å². The van der Waals surface area contributed by atoms with Crippen LogP contribution in [0.4, 0.5) is 0 Å². The maximum Gasteiger partial charge on any atom is 0.472 e. The van der Waals surface area contributed by atoms with Gasteiger partial charge in [-0.05, 0) is 63.9 Å². The maximum atomic E-state index is 13.5. The number of nitrogens with one attached hydrogen (secondary N) is 1. The van der Waals surface area contributed by atoms with Crippen LogP contribution in [0, 0.1) is 0 Å². The Morgan fingerprint density at radius 2 is 0.847 bits per heavy atom. The summed E-state index contributed by atoms with van der Waals surface area (Å²) in [6.07, 6.45) is 62.8. The molecular formula is C62H120N2O7P+. The van der Waals surface area contributed by atoms with Gasteiger partial charge in [-0.2, -0.15) is 0 Å². The van der Waals surface area contributed by atoms with E-state index in [9.17, 15) is 19.0 Å². The molecule has 3 unspecified atom stereocenters. The fraction of sp³-hybridized carbons (Fsp3) is 0.871. The van der Waals surface area contributed by atoms with Crippen LogP contribution in [-0.2, 0) is 27.9 Å². The van der Waals surface area contributed by atoms with Crippen molar-refractivity contribution in [2.24, 2.45) is 0 Å². The molecule has 72 heavy (non-hydrogen) atoms. The summed E-state index contributed by atoms with van der Waals surface area (Å²) in [4.78, 5) is 37.6. The molecule has 0 aliphatic heterocycles. The Balaban J connectivity index is 5.17. The first-order valence-corrected chi connectivity index (χ1v) is 32.3. The highest BCUT2D eigenvalue weighted by Crippen LogP contribution is 2.43. The van der Waals surface area contributed by atoms with E-state index in [1.54, 1.807) is 0 Å². The van der Waals surface area contributed by atoms with Crippen LogP contribution in [0.25, 0.3) is 0 Å². The minimum Gasteiger partial charge on any atom is -0.456 e. The van der Waals surface area contributed by atoms with Crippen LogP contribution >= 0.6 is 7.82 Å². The zero-order chi connectivity index (χ0) is 52.9. The van der Waals surface area contributed by atoms with Gasteiger partial charge in [0, 0.05) is 12.8 Å². The smallest absolute Gasteiger partial charge is 0.456 e. The van der Waals surface area contributed by atoms with Crippen LogP contribution in [0.2, 0.25) is 0 Å². The van der Waals surface area contributed by atoms with E-state index in [4.69, 9.17) is 13.8 Å². The Kier molecular flexibility index (Phi) is 51.4. The van der Waals surface area contributed by atoms with Gasteiger partial charge >= 0.3 is 13.8 Å². The molecule has 0 aliphatic carbocycles. The Morgan fingerprint density at radius 3 is 1.28 bits per heavy atom. The monoisotopic (exact) mass is 1040 g/mol. The van der Waals surface area contributed by atoms with Crippen molar-refractivity contribution in [2.45, 2.75) is 309 Å². The standard InChI is InChI=1S/C62H119N2O7P/c1-7-10-13-16-19-22-25-27-29-30-31-32-33-34-35-36-39-42-45-48-51-54-61(65)63-59(58-70-72(67,68)69-57-56-64(4,5)6)60(53-50-47-44-41-38-24-21-18-15-12-9-3)71-62(66)55-52-49-46-43-40-37-28-26-23-20-17-14-11-8-2/h19,22,27,29,50,53,59-60H,7-18,20-21,23-26,28,30-49,51-52,54-58H2,1-6H3,(H-,63,65,67,68)/p+1/b22-19-,29-27-,53-50-. The van der Waals surface area contributed by atoms with Crippen LogP contribution in [0.1, 0.15) is 297 Å². The topological polar surface area (TPSA) is 111 Å². The number of nitrogens with zero attached hydrogens (tertiary/aromatic N) is 1. The van der Waals surface area contributed by atoms with Crippen molar-refractivity contribution in [3.63, 3.8) is 0 Å². The Labute approximate surface area is 446 Å². The Bertz CT molecular complexity index is 1330. The van der Waals surface area contributed by atoms with Crippen LogP contribution < -0.4 is 5.32 Å². The molecular weight excluding hydrogens is 916 g/mol. The van der Waals surface area contributed by atoms with Gasteiger partial charge in [-0.3, -0.25) is 18.6 Å². The van der Waals surface area contributed by atoms with Gasteiger partial charge in [-0.1, -0.05) is 257 Å². The number of phosphoric ester groups is 1. The largest absolute Gasteiger partial charge is 0.472 e. The third-order valence-electron chi connectivity index (χ3n) is 13.8. The van der Waals surface area contributed by atoms with E-state index >= 15 is 0 Å². The summed E-state index contributed by atoms with van der Waals surface area (Å²) in [6.45, 7) is 7.01. The highest BCUT2D eigenvalue weighted by atomic mass is 31.2. The number of carbonyl (C=O) groups excluding carboxylic acids is 2. The molecule has 0 aliphatic rings. The van der Waals surface area contributed by atoms with Gasteiger partial charge in [0.25, 0.3) is 0 Å². The number of hydrogen-bond donors (Lipinski definition) is 2. The second-order valence-electron chi connectivity index (χ2n) is 22.2. The molecule has 0 saturated heterocycles. The molecule has 9 nitrogen and oxygen atoms in total. The number of unbranched alkanes of at least 4 members (excludes halogenated alkanes) is 36. The molecule has 1 amide bonds. The fourth-order valence-corrected chi connectivity index (χ4v) is 9.77. The van der Waals surface area contributed by atoms with Crippen molar-refractivity contribution in [2.75, 3.05) is 40.9 Å². The summed E-state index contributed by atoms with van der Waals surface area (Å²) in [5.74, 6) is -0.495. The summed E-state index contributed by atoms with van der Waals surface area (Å²) in [5, 5.41) is 3.06. The van der Waals surface area contributed by atoms with Crippen LogP contribution in [0.5, 0.6) is 0 Å². The van der Waals surface area contributed by atoms with Gasteiger partial charge in [0.1, 0.15) is 19.3 Å². The minimum absolute atomic E-state index is 0.0421. The fourth-order valence-electron chi connectivity index (χ4n) is 9.03. The number of amides is 1. The van der Waals surface area contributed by atoms with Crippen molar-refractivity contribution in [1.82, 2.24) is 5.32 Å². The van der Waals surface area contributed by atoms with Gasteiger partial charge in [0.2, 0.25) is 5.91 Å². The number of phosphoric acid groups is 1. The van der Waals surface area contributed by atoms with Crippen molar-refractivity contribution in [3.05, 3.63) is 36.5 Å².